The van der Waals surface area contributed by atoms with Crippen LogP contribution in [-0.4, -0.2) is 55.6 Å². The number of amides is 1. The van der Waals surface area contributed by atoms with Gasteiger partial charge in [-0.25, -0.2) is 17.8 Å². The van der Waals surface area contributed by atoms with Gasteiger partial charge in [-0.15, -0.1) is 0 Å². The first kappa shape index (κ1) is 23.9. The minimum atomic E-state index is -3.79. The number of hydrogen-bond donors (Lipinski definition) is 0. The van der Waals surface area contributed by atoms with Gasteiger partial charge in [0.2, 0.25) is 11.8 Å². The molecule has 0 N–H and O–H groups in total. The first-order valence-electron chi connectivity index (χ1n) is 11.2. The second-order valence-corrected chi connectivity index (χ2v) is 10.8. The number of aromatic nitrogens is 1. The van der Waals surface area contributed by atoms with Crippen LogP contribution in [0.25, 0.3) is 11.5 Å². The fraction of sp³-hybridized carbons (Fsp3) is 0.360. The van der Waals surface area contributed by atoms with Crippen LogP contribution >= 0.6 is 0 Å². The van der Waals surface area contributed by atoms with E-state index in [0.717, 1.165) is 11.3 Å². The van der Waals surface area contributed by atoms with Crippen molar-refractivity contribution in [2.45, 2.75) is 32.6 Å². The molecule has 0 bridgehead atoms. The fourth-order valence-corrected chi connectivity index (χ4v) is 5.57. The predicted molar refractivity (Wildman–Crippen MR) is 129 cm³/mol. The summed E-state index contributed by atoms with van der Waals surface area (Å²) >= 11 is 0. The van der Waals surface area contributed by atoms with E-state index in [-0.39, 0.29) is 29.0 Å². The number of hydrogen-bond acceptors (Lipinski definition) is 6. The second kappa shape index (κ2) is 9.58. The highest BCUT2D eigenvalue weighted by atomic mass is 32.2. The van der Waals surface area contributed by atoms with E-state index in [2.05, 4.69) is 16.0 Å². The lowest BCUT2D eigenvalue weighted by atomic mass is 10.1. The number of nitrogens with zero attached hydrogens (tertiary/aromatic N) is 3. The summed E-state index contributed by atoms with van der Waals surface area (Å²) in [5.41, 5.74) is 2.60. The van der Waals surface area contributed by atoms with Gasteiger partial charge >= 0.3 is 0 Å². The van der Waals surface area contributed by atoms with E-state index in [0.29, 0.717) is 19.6 Å². The van der Waals surface area contributed by atoms with E-state index in [1.807, 2.05) is 32.0 Å². The van der Waals surface area contributed by atoms with Gasteiger partial charge in [0.1, 0.15) is 17.3 Å². The summed E-state index contributed by atoms with van der Waals surface area (Å²) in [5.74, 6) is -1.67. The van der Waals surface area contributed by atoms with Crippen LogP contribution in [-0.2, 0) is 20.4 Å². The molecule has 9 heteroatoms. The smallest absolute Gasteiger partial charge is 0.237 e. The van der Waals surface area contributed by atoms with Gasteiger partial charge in [0, 0.05) is 31.4 Å². The van der Waals surface area contributed by atoms with Crippen LogP contribution in [0, 0.1) is 19.7 Å². The van der Waals surface area contributed by atoms with Gasteiger partial charge in [0.15, 0.2) is 9.84 Å². The number of carbonyl (C=O) groups is 1. The molecular formula is C25H28FN3O4S. The van der Waals surface area contributed by atoms with Gasteiger partial charge in [0.25, 0.3) is 0 Å². The number of aryl methyl sites for hydroxylation is 2. The Bertz CT molecular complexity index is 1300. The number of rotatable bonds is 6. The van der Waals surface area contributed by atoms with E-state index < -0.39 is 33.1 Å². The molecule has 0 unspecified atom stereocenters. The quantitative estimate of drug-likeness (QED) is 0.529. The van der Waals surface area contributed by atoms with E-state index in [9.17, 15) is 17.6 Å². The molecule has 1 fully saturated rings. The van der Waals surface area contributed by atoms with E-state index in [1.165, 1.54) is 12.1 Å². The third-order valence-electron chi connectivity index (χ3n) is 6.01. The number of carbonyl (C=O) groups excluding carboxylic acids is 1. The average Bonchev–Trinajstić information content (AvgIpc) is 3.12. The highest BCUT2D eigenvalue weighted by molar-refractivity contribution is 7.91. The van der Waals surface area contributed by atoms with Crippen LogP contribution in [0.4, 0.5) is 10.1 Å². The van der Waals surface area contributed by atoms with Crippen molar-refractivity contribution in [3.63, 3.8) is 0 Å². The summed E-state index contributed by atoms with van der Waals surface area (Å²) in [6, 6.07) is 14.2. The Morgan fingerprint density at radius 1 is 1.15 bits per heavy atom. The molecular weight excluding hydrogens is 457 g/mol. The Kier molecular flexibility index (Phi) is 6.74. The summed E-state index contributed by atoms with van der Waals surface area (Å²) in [4.78, 5) is 20.9. The molecule has 3 aromatic rings. The Morgan fingerprint density at radius 3 is 2.62 bits per heavy atom. The first-order chi connectivity index (χ1) is 16.1. The van der Waals surface area contributed by atoms with Crippen molar-refractivity contribution in [2.75, 3.05) is 30.3 Å². The molecule has 7 nitrogen and oxygen atoms in total. The topological polar surface area (TPSA) is 83.7 Å². The monoisotopic (exact) mass is 485 g/mol. The average molecular weight is 486 g/mol. The molecule has 1 aliphatic heterocycles. The number of oxazole rings is 1. The minimum absolute atomic E-state index is 0.0215. The van der Waals surface area contributed by atoms with Gasteiger partial charge in [-0.3, -0.25) is 4.79 Å². The van der Waals surface area contributed by atoms with Gasteiger partial charge < -0.3 is 14.2 Å². The zero-order chi connectivity index (χ0) is 24.5. The van der Waals surface area contributed by atoms with E-state index in [4.69, 9.17) is 4.42 Å². The normalized spacial score (nSPS) is 16.6. The number of halogens is 1. The molecule has 180 valence electrons. The highest BCUT2D eigenvalue weighted by Gasteiger charge is 2.30. The lowest BCUT2D eigenvalue weighted by Crippen LogP contribution is -2.54. The molecule has 0 saturated carbocycles. The Hall–Kier alpha value is -3.20. The second-order valence-electron chi connectivity index (χ2n) is 8.76. The van der Waals surface area contributed by atoms with Crippen molar-refractivity contribution in [1.29, 1.82) is 0 Å². The van der Waals surface area contributed by atoms with Crippen molar-refractivity contribution in [1.82, 2.24) is 9.88 Å². The molecule has 2 heterocycles. The summed E-state index contributed by atoms with van der Waals surface area (Å²) < 4.78 is 45.2. The lowest BCUT2D eigenvalue weighted by molar-refractivity contribution is -0.129. The van der Waals surface area contributed by atoms with Crippen LogP contribution in [0.2, 0.25) is 0 Å². The lowest BCUT2D eigenvalue weighted by Gasteiger charge is -2.41. The SMILES string of the molecule is Cc1cccc(N2CCN(C(=O)CS(=O)(=O)Cc3nc(-c4ccccc4F)oc3C)C[C@H]2C)c1. The van der Waals surface area contributed by atoms with Crippen LogP contribution in [0.15, 0.2) is 52.9 Å². The maximum absolute atomic E-state index is 14.0. The fourth-order valence-electron chi connectivity index (χ4n) is 4.22. The third-order valence-corrected chi connectivity index (χ3v) is 7.41. The molecule has 1 atom stereocenters. The minimum Gasteiger partial charge on any atom is -0.441 e. The Morgan fingerprint density at radius 2 is 1.91 bits per heavy atom. The highest BCUT2D eigenvalue weighted by Crippen LogP contribution is 2.26. The van der Waals surface area contributed by atoms with Crippen LogP contribution in [0.1, 0.15) is 23.9 Å². The maximum Gasteiger partial charge on any atom is 0.237 e. The van der Waals surface area contributed by atoms with E-state index in [1.54, 1.807) is 24.0 Å². The van der Waals surface area contributed by atoms with Crippen molar-refractivity contribution in [2.24, 2.45) is 0 Å². The van der Waals surface area contributed by atoms with Gasteiger partial charge in [0.05, 0.1) is 17.0 Å². The third kappa shape index (κ3) is 5.30. The molecule has 1 aromatic heterocycles. The molecule has 0 radical (unpaired) electrons. The molecule has 0 aliphatic carbocycles. The molecule has 1 amide bonds. The van der Waals surface area contributed by atoms with Crippen molar-refractivity contribution in [3.05, 3.63) is 71.4 Å². The molecule has 4 rings (SSSR count). The zero-order valence-electron chi connectivity index (χ0n) is 19.5. The van der Waals surface area contributed by atoms with Gasteiger partial charge in [-0.05, 0) is 50.6 Å². The summed E-state index contributed by atoms with van der Waals surface area (Å²) in [6.45, 7) is 7.17. The van der Waals surface area contributed by atoms with Crippen molar-refractivity contribution >= 4 is 21.4 Å². The first-order valence-corrected chi connectivity index (χ1v) is 13.0. The largest absolute Gasteiger partial charge is 0.441 e. The van der Waals surface area contributed by atoms with Crippen LogP contribution in [0.3, 0.4) is 0 Å². The maximum atomic E-state index is 14.0. The number of anilines is 1. The number of benzene rings is 2. The van der Waals surface area contributed by atoms with Crippen LogP contribution < -0.4 is 4.90 Å². The zero-order valence-corrected chi connectivity index (χ0v) is 20.3. The van der Waals surface area contributed by atoms with E-state index >= 15 is 0 Å². The van der Waals surface area contributed by atoms with Gasteiger partial charge in [-0.1, -0.05) is 24.3 Å². The summed E-state index contributed by atoms with van der Waals surface area (Å²) in [5, 5.41) is 0. The standard InChI is InChI=1S/C25H28FN3O4S/c1-17-7-6-8-20(13-17)29-12-11-28(14-18(29)2)24(30)16-34(31,32)15-23-19(3)33-25(27-23)21-9-4-5-10-22(21)26/h4-10,13,18H,11-12,14-16H2,1-3H3/t18-/m1/s1. The molecule has 0 spiro atoms. The van der Waals surface area contributed by atoms with Gasteiger partial charge in [-0.2, -0.15) is 0 Å². The Labute approximate surface area is 199 Å². The number of piperazine rings is 1. The summed E-state index contributed by atoms with van der Waals surface area (Å²) in [7, 11) is -3.79. The number of sulfone groups is 1. The molecule has 1 aliphatic rings. The molecule has 2 aromatic carbocycles. The summed E-state index contributed by atoms with van der Waals surface area (Å²) in [6.07, 6.45) is 0. The van der Waals surface area contributed by atoms with Crippen molar-refractivity contribution < 1.29 is 22.0 Å². The van der Waals surface area contributed by atoms with Crippen molar-refractivity contribution in [3.8, 4) is 11.5 Å². The predicted octanol–water partition coefficient (Wildman–Crippen LogP) is 3.75. The molecule has 1 saturated heterocycles. The Balaban J connectivity index is 1.40. The molecule has 34 heavy (non-hydrogen) atoms. The van der Waals surface area contributed by atoms with Crippen LogP contribution in [0.5, 0.6) is 0 Å².